The molecule has 1 aliphatic heterocycles. The zero-order chi connectivity index (χ0) is 16.2. The summed E-state index contributed by atoms with van der Waals surface area (Å²) in [5.74, 6) is 1.91. The maximum atomic E-state index is 6.20. The number of halogens is 1. The van der Waals surface area contributed by atoms with Gasteiger partial charge in [0.05, 0.1) is 7.11 Å². The van der Waals surface area contributed by atoms with Crippen molar-refractivity contribution in [1.29, 1.82) is 0 Å². The van der Waals surface area contributed by atoms with Crippen LogP contribution in [-0.4, -0.2) is 36.2 Å². The maximum absolute atomic E-state index is 6.20. The molecule has 0 amide bonds. The van der Waals surface area contributed by atoms with Crippen LogP contribution in [0.25, 0.3) is 0 Å². The van der Waals surface area contributed by atoms with Gasteiger partial charge in [-0.1, -0.05) is 17.7 Å². The van der Waals surface area contributed by atoms with E-state index in [1.165, 1.54) is 6.33 Å². The lowest BCUT2D eigenvalue weighted by Crippen LogP contribution is -2.39. The number of anilines is 3. The summed E-state index contributed by atoms with van der Waals surface area (Å²) in [7, 11) is 1.68. The van der Waals surface area contributed by atoms with Crippen LogP contribution >= 0.6 is 11.6 Å². The highest BCUT2D eigenvalue weighted by atomic mass is 35.5. The molecule has 0 spiro atoms. The van der Waals surface area contributed by atoms with Gasteiger partial charge >= 0.3 is 0 Å². The van der Waals surface area contributed by atoms with E-state index in [0.29, 0.717) is 16.9 Å². The fraction of sp³-hybridized carbons (Fsp3) is 0.375. The molecule has 1 fully saturated rings. The Morgan fingerprint density at radius 3 is 2.83 bits per heavy atom. The Kier molecular flexibility index (Phi) is 4.71. The topological polar surface area (TPSA) is 76.3 Å². The minimum absolute atomic E-state index is 0.327. The first kappa shape index (κ1) is 15.7. The van der Waals surface area contributed by atoms with E-state index in [0.717, 1.165) is 43.2 Å². The van der Waals surface area contributed by atoms with Crippen molar-refractivity contribution in [2.45, 2.75) is 18.9 Å². The van der Waals surface area contributed by atoms with Crippen LogP contribution in [0, 0.1) is 0 Å². The zero-order valence-electron chi connectivity index (χ0n) is 13.0. The van der Waals surface area contributed by atoms with Gasteiger partial charge in [-0.05, 0) is 25.0 Å². The van der Waals surface area contributed by atoms with Gasteiger partial charge in [-0.15, -0.1) is 0 Å². The van der Waals surface area contributed by atoms with Crippen LogP contribution in [0.1, 0.15) is 12.8 Å². The Hall–Kier alpha value is -2.21. The first-order chi connectivity index (χ1) is 11.2. The van der Waals surface area contributed by atoms with E-state index >= 15 is 0 Å². The number of piperidine rings is 1. The third-order valence-electron chi connectivity index (χ3n) is 4.03. The molecule has 3 rings (SSSR count). The van der Waals surface area contributed by atoms with Crippen LogP contribution in [-0.2, 0) is 0 Å². The number of methoxy groups -OCH3 is 1. The van der Waals surface area contributed by atoms with Crippen molar-refractivity contribution in [3.8, 4) is 5.75 Å². The first-order valence-corrected chi connectivity index (χ1v) is 7.96. The number of nitrogen functional groups attached to an aromatic ring is 1. The number of aromatic nitrogens is 2. The largest absolute Gasteiger partial charge is 0.497 e. The summed E-state index contributed by atoms with van der Waals surface area (Å²) >= 11 is 6.20. The van der Waals surface area contributed by atoms with Crippen LogP contribution in [0.4, 0.5) is 17.3 Å². The minimum Gasteiger partial charge on any atom is -0.497 e. The van der Waals surface area contributed by atoms with Crippen molar-refractivity contribution < 1.29 is 4.74 Å². The molecule has 7 heteroatoms. The third kappa shape index (κ3) is 3.59. The Balaban J connectivity index is 1.61. The van der Waals surface area contributed by atoms with Crippen LogP contribution < -0.4 is 20.7 Å². The van der Waals surface area contributed by atoms with Crippen molar-refractivity contribution in [3.63, 3.8) is 0 Å². The number of nitrogens with two attached hydrogens (primary N) is 1. The van der Waals surface area contributed by atoms with Gasteiger partial charge < -0.3 is 20.7 Å². The number of rotatable bonds is 4. The van der Waals surface area contributed by atoms with E-state index in [1.54, 1.807) is 7.11 Å². The Morgan fingerprint density at radius 2 is 2.09 bits per heavy atom. The summed E-state index contributed by atoms with van der Waals surface area (Å²) < 4.78 is 5.25. The van der Waals surface area contributed by atoms with Gasteiger partial charge in [0.15, 0.2) is 5.82 Å². The Bertz CT molecular complexity index is 673. The molecule has 2 heterocycles. The van der Waals surface area contributed by atoms with Crippen molar-refractivity contribution in [2.75, 3.05) is 36.1 Å². The van der Waals surface area contributed by atoms with Gasteiger partial charge in [-0.25, -0.2) is 9.97 Å². The summed E-state index contributed by atoms with van der Waals surface area (Å²) in [4.78, 5) is 10.3. The van der Waals surface area contributed by atoms with Crippen LogP contribution in [0.15, 0.2) is 30.6 Å². The molecule has 0 radical (unpaired) electrons. The summed E-state index contributed by atoms with van der Waals surface area (Å²) in [5.41, 5.74) is 6.83. The lowest BCUT2D eigenvalue weighted by Gasteiger charge is -2.34. The normalized spacial score (nSPS) is 15.5. The van der Waals surface area contributed by atoms with E-state index in [2.05, 4.69) is 26.3 Å². The monoisotopic (exact) mass is 333 g/mol. The van der Waals surface area contributed by atoms with Gasteiger partial charge in [-0.3, -0.25) is 0 Å². The maximum Gasteiger partial charge on any atom is 0.153 e. The number of hydrogen-bond acceptors (Lipinski definition) is 6. The molecule has 0 unspecified atom stereocenters. The van der Waals surface area contributed by atoms with E-state index in [4.69, 9.17) is 22.1 Å². The number of hydrogen-bond donors (Lipinski definition) is 2. The van der Waals surface area contributed by atoms with E-state index in [9.17, 15) is 0 Å². The fourth-order valence-corrected chi connectivity index (χ4v) is 3.00. The summed E-state index contributed by atoms with van der Waals surface area (Å²) in [6.07, 6.45) is 3.45. The lowest BCUT2D eigenvalue weighted by molar-refractivity contribution is 0.415. The Labute approximate surface area is 140 Å². The quantitative estimate of drug-likeness (QED) is 0.896. The average molecular weight is 334 g/mol. The summed E-state index contributed by atoms with van der Waals surface area (Å²) in [6.45, 7) is 1.75. The SMILES string of the molecule is COc1cccc(NC2CCN(c3ncnc(N)c3Cl)CC2)c1. The average Bonchev–Trinajstić information content (AvgIpc) is 2.58. The zero-order valence-corrected chi connectivity index (χ0v) is 13.8. The standard InChI is InChI=1S/C16H20ClN5O/c1-23-13-4-2-3-12(9-13)21-11-5-7-22(8-6-11)16-14(17)15(18)19-10-20-16/h2-4,9-11,21H,5-8H2,1H3,(H2,18,19,20). The first-order valence-electron chi connectivity index (χ1n) is 7.59. The minimum atomic E-state index is 0.327. The van der Waals surface area contributed by atoms with Crippen LogP contribution in [0.2, 0.25) is 5.02 Å². The molecule has 1 aliphatic rings. The highest BCUT2D eigenvalue weighted by Crippen LogP contribution is 2.29. The second kappa shape index (κ2) is 6.91. The molecule has 0 atom stereocenters. The van der Waals surface area contributed by atoms with Crippen molar-refractivity contribution in [1.82, 2.24) is 9.97 Å². The molecule has 23 heavy (non-hydrogen) atoms. The molecule has 3 N–H and O–H groups in total. The van der Waals surface area contributed by atoms with E-state index in [1.807, 2.05) is 18.2 Å². The van der Waals surface area contributed by atoms with Crippen molar-refractivity contribution in [2.24, 2.45) is 0 Å². The molecule has 1 aromatic heterocycles. The molecule has 0 saturated carbocycles. The van der Waals surface area contributed by atoms with Crippen LogP contribution in [0.5, 0.6) is 5.75 Å². The van der Waals surface area contributed by atoms with Gasteiger partial charge in [-0.2, -0.15) is 0 Å². The fourth-order valence-electron chi connectivity index (χ4n) is 2.78. The van der Waals surface area contributed by atoms with Crippen molar-refractivity contribution in [3.05, 3.63) is 35.6 Å². The van der Waals surface area contributed by atoms with Gasteiger partial charge in [0.25, 0.3) is 0 Å². The number of nitrogens with zero attached hydrogens (tertiary/aromatic N) is 3. The molecule has 0 bridgehead atoms. The van der Waals surface area contributed by atoms with Crippen molar-refractivity contribution >= 4 is 28.9 Å². The van der Waals surface area contributed by atoms with Gasteiger partial charge in [0, 0.05) is 30.9 Å². The predicted octanol–water partition coefficient (Wildman–Crippen LogP) is 2.80. The smallest absolute Gasteiger partial charge is 0.153 e. The highest BCUT2D eigenvalue weighted by Gasteiger charge is 2.22. The molecule has 6 nitrogen and oxygen atoms in total. The molecule has 1 saturated heterocycles. The third-order valence-corrected chi connectivity index (χ3v) is 4.40. The summed E-state index contributed by atoms with van der Waals surface area (Å²) in [5, 5.41) is 3.99. The highest BCUT2D eigenvalue weighted by molar-refractivity contribution is 6.35. The molecule has 2 aromatic rings. The second-order valence-corrected chi connectivity index (χ2v) is 5.91. The van der Waals surface area contributed by atoms with Gasteiger partial charge in [0.1, 0.15) is 22.9 Å². The van der Waals surface area contributed by atoms with Crippen LogP contribution in [0.3, 0.4) is 0 Å². The van der Waals surface area contributed by atoms with Gasteiger partial charge in [0.2, 0.25) is 0 Å². The number of ether oxygens (including phenoxy) is 1. The molecular formula is C16H20ClN5O. The molecule has 122 valence electrons. The molecular weight excluding hydrogens is 314 g/mol. The number of benzene rings is 1. The molecule has 1 aromatic carbocycles. The lowest BCUT2D eigenvalue weighted by atomic mass is 10.0. The Morgan fingerprint density at radius 1 is 1.30 bits per heavy atom. The van der Waals surface area contributed by atoms with E-state index < -0.39 is 0 Å². The predicted molar refractivity (Wildman–Crippen MR) is 93.3 cm³/mol. The van der Waals surface area contributed by atoms with E-state index in [-0.39, 0.29) is 0 Å². The summed E-state index contributed by atoms with van der Waals surface area (Å²) in [6, 6.07) is 8.40. The number of nitrogens with one attached hydrogen (secondary N) is 1. The second-order valence-electron chi connectivity index (χ2n) is 5.53. The molecule has 0 aliphatic carbocycles.